The molecule has 0 spiro atoms. The standard InChI is InChI=1S/C21H17N3O6S/c1-14-4-9-18(17(11-14)24(27)28)29-13-20(25)23-22-12-15-5-7-16(8-6-15)30-21(26)19-3-2-10-31-19/h2-12H,13H2,1H3,(H,23,25)/b22-12+. The van der Waals surface area contributed by atoms with Crippen molar-refractivity contribution < 1.29 is 24.0 Å². The van der Waals surface area contributed by atoms with Crippen molar-refractivity contribution in [2.75, 3.05) is 6.61 Å². The predicted molar refractivity (Wildman–Crippen MR) is 115 cm³/mol. The summed E-state index contributed by atoms with van der Waals surface area (Å²) in [6, 6.07) is 14.4. The van der Waals surface area contributed by atoms with E-state index in [0.717, 1.165) is 0 Å². The number of nitrogens with zero attached hydrogens (tertiary/aromatic N) is 2. The van der Waals surface area contributed by atoms with Crippen LogP contribution in [0.25, 0.3) is 0 Å². The van der Waals surface area contributed by atoms with Crippen LogP contribution in [0.4, 0.5) is 5.69 Å². The van der Waals surface area contributed by atoms with Gasteiger partial charge in [0.15, 0.2) is 12.4 Å². The van der Waals surface area contributed by atoms with Gasteiger partial charge in [-0.15, -0.1) is 11.3 Å². The van der Waals surface area contributed by atoms with Crippen molar-refractivity contribution in [3.05, 3.63) is 86.1 Å². The van der Waals surface area contributed by atoms with E-state index in [1.807, 2.05) is 0 Å². The van der Waals surface area contributed by atoms with E-state index in [0.29, 0.717) is 21.8 Å². The first kappa shape index (κ1) is 21.7. The number of hydrazone groups is 1. The fraction of sp³-hybridized carbons (Fsp3) is 0.0952. The number of hydrogen-bond donors (Lipinski definition) is 1. The maximum Gasteiger partial charge on any atom is 0.353 e. The number of benzene rings is 2. The number of nitro benzene ring substituents is 1. The number of aryl methyl sites for hydroxylation is 1. The van der Waals surface area contributed by atoms with Crippen molar-refractivity contribution >= 4 is 35.1 Å². The van der Waals surface area contributed by atoms with Gasteiger partial charge in [0.05, 0.1) is 11.1 Å². The summed E-state index contributed by atoms with van der Waals surface area (Å²) in [6.45, 7) is 1.29. The molecule has 0 radical (unpaired) electrons. The van der Waals surface area contributed by atoms with E-state index in [4.69, 9.17) is 9.47 Å². The van der Waals surface area contributed by atoms with Gasteiger partial charge in [-0.25, -0.2) is 10.2 Å². The average Bonchev–Trinajstić information content (AvgIpc) is 3.29. The molecule has 0 saturated carbocycles. The van der Waals surface area contributed by atoms with E-state index >= 15 is 0 Å². The average molecular weight is 439 g/mol. The summed E-state index contributed by atoms with van der Waals surface area (Å²) >= 11 is 1.29. The molecule has 0 fully saturated rings. The summed E-state index contributed by atoms with van der Waals surface area (Å²) < 4.78 is 10.5. The maximum absolute atomic E-state index is 11.9. The topological polar surface area (TPSA) is 120 Å². The van der Waals surface area contributed by atoms with Crippen LogP contribution in [0.2, 0.25) is 0 Å². The lowest BCUT2D eigenvalue weighted by atomic mass is 10.2. The van der Waals surface area contributed by atoms with Crippen molar-refractivity contribution in [2.45, 2.75) is 6.92 Å². The van der Waals surface area contributed by atoms with Crippen molar-refractivity contribution in [3.8, 4) is 11.5 Å². The van der Waals surface area contributed by atoms with E-state index in [1.54, 1.807) is 54.8 Å². The molecule has 1 aromatic heterocycles. The van der Waals surface area contributed by atoms with Crippen LogP contribution in [0.15, 0.2) is 65.1 Å². The van der Waals surface area contributed by atoms with Gasteiger partial charge in [0.2, 0.25) is 0 Å². The highest BCUT2D eigenvalue weighted by atomic mass is 32.1. The summed E-state index contributed by atoms with van der Waals surface area (Å²) in [5, 5.41) is 16.7. The molecule has 1 heterocycles. The van der Waals surface area contributed by atoms with Crippen LogP contribution in [0.5, 0.6) is 11.5 Å². The smallest absolute Gasteiger partial charge is 0.353 e. The summed E-state index contributed by atoms with van der Waals surface area (Å²) in [7, 11) is 0. The third-order valence-electron chi connectivity index (χ3n) is 3.89. The molecule has 1 amide bonds. The largest absolute Gasteiger partial charge is 0.477 e. The first-order chi connectivity index (χ1) is 14.9. The molecule has 2 aromatic carbocycles. The van der Waals surface area contributed by atoms with Gasteiger partial charge >= 0.3 is 11.7 Å². The van der Waals surface area contributed by atoms with Gasteiger partial charge in [-0.3, -0.25) is 14.9 Å². The molecular formula is C21H17N3O6S. The van der Waals surface area contributed by atoms with Crippen molar-refractivity contribution in [1.82, 2.24) is 5.43 Å². The number of nitro groups is 1. The van der Waals surface area contributed by atoms with Crippen LogP contribution in [-0.2, 0) is 4.79 Å². The van der Waals surface area contributed by atoms with E-state index < -0.39 is 23.4 Å². The Hall–Kier alpha value is -4.05. The molecule has 1 N–H and O–H groups in total. The van der Waals surface area contributed by atoms with Crippen molar-refractivity contribution in [1.29, 1.82) is 0 Å². The lowest BCUT2D eigenvalue weighted by molar-refractivity contribution is -0.385. The highest BCUT2D eigenvalue weighted by Gasteiger charge is 2.16. The molecule has 31 heavy (non-hydrogen) atoms. The van der Waals surface area contributed by atoms with Gasteiger partial charge in [0, 0.05) is 6.07 Å². The first-order valence-electron chi connectivity index (χ1n) is 8.98. The highest BCUT2D eigenvalue weighted by Crippen LogP contribution is 2.27. The monoisotopic (exact) mass is 439 g/mol. The Morgan fingerprint density at radius 1 is 1.19 bits per heavy atom. The normalized spacial score (nSPS) is 10.6. The Balaban J connectivity index is 1.48. The molecule has 0 atom stereocenters. The van der Waals surface area contributed by atoms with Crippen LogP contribution in [0.1, 0.15) is 20.8 Å². The number of amides is 1. The quantitative estimate of drug-likeness (QED) is 0.188. The van der Waals surface area contributed by atoms with Crippen molar-refractivity contribution in [3.63, 3.8) is 0 Å². The minimum Gasteiger partial charge on any atom is -0.477 e. The van der Waals surface area contributed by atoms with Gasteiger partial charge in [0.25, 0.3) is 5.91 Å². The lowest BCUT2D eigenvalue weighted by Crippen LogP contribution is -2.24. The minimum absolute atomic E-state index is 0.00224. The van der Waals surface area contributed by atoms with Crippen LogP contribution in [0.3, 0.4) is 0 Å². The SMILES string of the molecule is Cc1ccc(OCC(=O)N/N=C/c2ccc(OC(=O)c3cccs3)cc2)c([N+](=O)[O-])c1. The number of ether oxygens (including phenoxy) is 2. The number of carbonyl (C=O) groups excluding carboxylic acids is 2. The maximum atomic E-state index is 11.9. The third kappa shape index (κ3) is 6.21. The van der Waals surface area contributed by atoms with Gasteiger partial charge in [0.1, 0.15) is 10.6 Å². The highest BCUT2D eigenvalue weighted by molar-refractivity contribution is 7.12. The van der Waals surface area contributed by atoms with Gasteiger partial charge in [-0.05, 0) is 59.8 Å². The minimum atomic E-state index is -0.576. The Kier molecular flexibility index (Phi) is 7.07. The zero-order valence-corrected chi connectivity index (χ0v) is 17.1. The van der Waals surface area contributed by atoms with Gasteiger partial charge in [-0.1, -0.05) is 12.1 Å². The van der Waals surface area contributed by atoms with Gasteiger partial charge in [-0.2, -0.15) is 5.10 Å². The number of esters is 1. The summed E-state index contributed by atoms with van der Waals surface area (Å²) in [5.41, 5.74) is 3.43. The second-order valence-electron chi connectivity index (χ2n) is 6.25. The molecule has 3 rings (SSSR count). The van der Waals surface area contributed by atoms with Crippen molar-refractivity contribution in [2.24, 2.45) is 5.10 Å². The molecule has 0 aliphatic rings. The molecule has 0 unspecified atom stereocenters. The zero-order valence-electron chi connectivity index (χ0n) is 16.3. The predicted octanol–water partition coefficient (Wildman–Crippen LogP) is 3.71. The number of nitrogens with one attached hydrogen (secondary N) is 1. The van der Waals surface area contributed by atoms with Crippen LogP contribution in [-0.4, -0.2) is 29.6 Å². The molecule has 10 heteroatoms. The fourth-order valence-corrected chi connectivity index (χ4v) is 3.02. The zero-order chi connectivity index (χ0) is 22.2. The van der Waals surface area contributed by atoms with E-state index in [-0.39, 0.29) is 11.4 Å². The fourth-order valence-electron chi connectivity index (χ4n) is 2.42. The number of carbonyl (C=O) groups is 2. The Bertz CT molecular complexity index is 1110. The molecule has 158 valence electrons. The van der Waals surface area contributed by atoms with E-state index in [9.17, 15) is 19.7 Å². The molecule has 0 aliphatic heterocycles. The summed E-state index contributed by atoms with van der Waals surface area (Å²) in [5.74, 6) is -0.625. The number of thiophene rings is 1. The number of hydrogen-bond acceptors (Lipinski definition) is 8. The second-order valence-corrected chi connectivity index (χ2v) is 7.19. The third-order valence-corrected chi connectivity index (χ3v) is 4.74. The lowest BCUT2D eigenvalue weighted by Gasteiger charge is -2.06. The van der Waals surface area contributed by atoms with Crippen LogP contribution in [0, 0.1) is 17.0 Å². The second kappa shape index (κ2) is 10.1. The van der Waals surface area contributed by atoms with E-state index in [1.165, 1.54) is 29.7 Å². The first-order valence-corrected chi connectivity index (χ1v) is 9.86. The molecule has 3 aromatic rings. The molecule has 0 aliphatic carbocycles. The Morgan fingerprint density at radius 2 is 1.97 bits per heavy atom. The Morgan fingerprint density at radius 3 is 2.65 bits per heavy atom. The number of rotatable bonds is 8. The van der Waals surface area contributed by atoms with Gasteiger partial charge < -0.3 is 9.47 Å². The molecule has 0 bridgehead atoms. The molecule has 0 saturated heterocycles. The summed E-state index contributed by atoms with van der Waals surface area (Å²) in [4.78, 5) is 34.8. The van der Waals surface area contributed by atoms with E-state index in [2.05, 4.69) is 10.5 Å². The molecular weight excluding hydrogens is 422 g/mol. The molecule has 9 nitrogen and oxygen atoms in total. The summed E-state index contributed by atoms with van der Waals surface area (Å²) in [6.07, 6.45) is 1.40. The van der Waals surface area contributed by atoms with Crippen LogP contribution < -0.4 is 14.9 Å². The Labute approximate surface area is 181 Å². The van der Waals surface area contributed by atoms with Crippen LogP contribution >= 0.6 is 11.3 Å².